The van der Waals surface area contributed by atoms with Gasteiger partial charge in [-0.25, -0.2) is 0 Å². The van der Waals surface area contributed by atoms with Crippen LogP contribution >= 0.6 is 6.89 Å². The summed E-state index contributed by atoms with van der Waals surface area (Å²) in [5.41, 5.74) is 4.39. The van der Waals surface area contributed by atoms with Crippen molar-refractivity contribution in [1.82, 2.24) is 19.5 Å². The van der Waals surface area contributed by atoms with E-state index >= 15 is 0 Å². The van der Waals surface area contributed by atoms with Gasteiger partial charge in [0.05, 0.1) is 6.10 Å². The number of imidazole rings is 1. The quantitative estimate of drug-likeness (QED) is 0.421. The second kappa shape index (κ2) is 6.21. The van der Waals surface area contributed by atoms with Crippen molar-refractivity contribution in [3.63, 3.8) is 0 Å². The lowest BCUT2D eigenvalue weighted by Crippen LogP contribution is -2.32. The zero-order chi connectivity index (χ0) is 18.5. The van der Waals surface area contributed by atoms with Gasteiger partial charge in [0.1, 0.15) is 12.2 Å². The van der Waals surface area contributed by atoms with Crippen molar-refractivity contribution in [2.45, 2.75) is 31.0 Å². The second-order valence-electron chi connectivity index (χ2n) is 6.87. The number of nitrogen functional groups attached to an aromatic ring is 1. The smallest absolute Gasteiger partial charge is 0.293 e. The fourth-order valence-electron chi connectivity index (χ4n) is 2.86. The van der Waals surface area contributed by atoms with E-state index in [2.05, 4.69) is 21.3 Å². The van der Waals surface area contributed by atoms with Gasteiger partial charge in [-0.15, -0.1) is 13.2 Å². The molecule has 4 atom stereocenters. The van der Waals surface area contributed by atoms with Crippen LogP contribution < -0.4 is 11.3 Å². The van der Waals surface area contributed by atoms with Gasteiger partial charge in [-0.2, -0.15) is 14.4 Å². The number of aromatic amines is 1. The Morgan fingerprint density at radius 2 is 2.08 bits per heavy atom. The number of fused-ring (bicyclic) bond motifs is 1. The van der Waals surface area contributed by atoms with Crippen molar-refractivity contribution in [1.29, 1.82) is 0 Å². The van der Waals surface area contributed by atoms with Gasteiger partial charge in [-0.05, 0) is 25.9 Å². The van der Waals surface area contributed by atoms with E-state index < -0.39 is 43.1 Å². The number of nitrogens with zero attached hydrogens (tertiary/aromatic N) is 3. The van der Waals surface area contributed by atoms with Crippen LogP contribution in [0.15, 0.2) is 4.79 Å². The molecule has 1 unspecified atom stereocenters. The fraction of sp³-hybridized carbons (Fsp3) is 0.571. The summed E-state index contributed by atoms with van der Waals surface area (Å²) in [5.74, 6) is -0.216. The Bertz CT molecular complexity index is 906. The van der Waals surface area contributed by atoms with Crippen LogP contribution in [0.5, 0.6) is 0 Å². The Morgan fingerprint density at radius 3 is 2.72 bits per heavy atom. The fourth-order valence-corrected chi connectivity index (χ4v) is 3.81. The minimum atomic E-state index is -1.40. The van der Waals surface area contributed by atoms with Crippen LogP contribution in [0.1, 0.15) is 12.6 Å². The molecule has 3 rings (SSSR count). The molecule has 0 amide bonds. The summed E-state index contributed by atoms with van der Waals surface area (Å²) in [6.45, 7) is 2.75. The standard InChI is InChI=1S/C14H21FN5O4P/c1-25(2,3)5-4-6-8(21)9(22)12(24-6)20-10-7(17-13(20)15)11(23)19-14(16)18-10/h6,8-9,12,21-22H,1,4-5H2,2-3H3,(H3,16,18,19,23)/t6-,8-,9-,12?/m1/s1. The monoisotopic (exact) mass is 373 g/mol. The largest absolute Gasteiger partial charge is 0.388 e. The van der Waals surface area contributed by atoms with Gasteiger partial charge in [0, 0.05) is 0 Å². The SMILES string of the molecule is C=P(C)(C)CC[C@H]1OC(n2c(F)nc3c(=O)[nH]c(N)nc32)[C@H](O)[C@@H]1O. The highest BCUT2D eigenvalue weighted by Gasteiger charge is 2.45. The number of aliphatic hydroxyl groups excluding tert-OH is 2. The molecule has 0 aliphatic carbocycles. The Morgan fingerprint density at radius 1 is 1.40 bits per heavy atom. The van der Waals surface area contributed by atoms with Crippen molar-refractivity contribution >= 4 is 30.3 Å². The molecule has 2 aromatic rings. The maximum atomic E-state index is 14.3. The summed E-state index contributed by atoms with van der Waals surface area (Å²) in [5, 5.41) is 20.6. The van der Waals surface area contributed by atoms with Crippen LogP contribution in [0.25, 0.3) is 11.2 Å². The molecule has 11 heteroatoms. The van der Waals surface area contributed by atoms with Crippen LogP contribution in [0.3, 0.4) is 0 Å². The average Bonchev–Trinajstić information content (AvgIpc) is 2.95. The maximum Gasteiger partial charge on any atom is 0.293 e. The lowest BCUT2D eigenvalue weighted by atomic mass is 10.1. The van der Waals surface area contributed by atoms with E-state index in [1.54, 1.807) is 0 Å². The summed E-state index contributed by atoms with van der Waals surface area (Å²) in [7, 11) is 0. The molecule has 1 fully saturated rings. The number of ether oxygens (including phenoxy) is 1. The highest BCUT2D eigenvalue weighted by atomic mass is 31.2. The molecular formula is C14H21FN5O4P. The van der Waals surface area contributed by atoms with E-state index in [-0.39, 0.29) is 17.1 Å². The number of halogens is 1. The van der Waals surface area contributed by atoms with Crippen LogP contribution in [0.4, 0.5) is 10.3 Å². The lowest BCUT2D eigenvalue weighted by molar-refractivity contribution is -0.0412. The molecular weight excluding hydrogens is 352 g/mol. The molecule has 0 aromatic carbocycles. The molecule has 0 spiro atoms. The van der Waals surface area contributed by atoms with E-state index in [0.29, 0.717) is 6.42 Å². The number of hydrogen-bond donors (Lipinski definition) is 4. The molecule has 5 N–H and O–H groups in total. The molecule has 9 nitrogen and oxygen atoms in total. The Labute approximate surface area is 142 Å². The van der Waals surface area contributed by atoms with Gasteiger partial charge >= 0.3 is 0 Å². The van der Waals surface area contributed by atoms with Gasteiger partial charge in [-0.3, -0.25) is 14.3 Å². The topological polar surface area (TPSA) is 139 Å². The normalized spacial score (nSPS) is 27.2. The number of H-pyrrole nitrogens is 1. The third-order valence-electron chi connectivity index (χ3n) is 4.14. The minimum absolute atomic E-state index is 0.152. The van der Waals surface area contributed by atoms with E-state index in [0.717, 1.165) is 10.7 Å². The van der Waals surface area contributed by atoms with Gasteiger partial charge < -0.3 is 20.7 Å². The summed E-state index contributed by atoms with van der Waals surface area (Å²) in [4.78, 5) is 21.5. The number of aromatic nitrogens is 4. The highest BCUT2D eigenvalue weighted by Crippen LogP contribution is 2.40. The highest BCUT2D eigenvalue weighted by molar-refractivity contribution is 7.72. The number of hydrogen-bond acceptors (Lipinski definition) is 7. The first-order valence-corrected chi connectivity index (χ1v) is 10.8. The van der Waals surface area contributed by atoms with Crippen LogP contribution in [0.2, 0.25) is 0 Å². The number of nitrogens with two attached hydrogens (primary N) is 1. The molecule has 2 aromatic heterocycles. The number of aliphatic hydroxyl groups is 2. The zero-order valence-corrected chi connectivity index (χ0v) is 14.8. The van der Waals surface area contributed by atoms with Gasteiger partial charge in [-0.1, -0.05) is 0 Å². The number of nitrogens with one attached hydrogen (secondary N) is 1. The molecule has 0 saturated carbocycles. The van der Waals surface area contributed by atoms with Crippen molar-refractivity contribution in [2.75, 3.05) is 25.2 Å². The predicted molar refractivity (Wildman–Crippen MR) is 93.8 cm³/mol. The summed E-state index contributed by atoms with van der Waals surface area (Å²) >= 11 is 0. The van der Waals surface area contributed by atoms with Crippen molar-refractivity contribution in [2.24, 2.45) is 0 Å². The van der Waals surface area contributed by atoms with Crippen molar-refractivity contribution in [3.8, 4) is 0 Å². The molecule has 1 aliphatic heterocycles. The predicted octanol–water partition coefficient (Wildman–Crippen LogP) is -0.441. The van der Waals surface area contributed by atoms with Gasteiger partial charge in [0.25, 0.3) is 11.6 Å². The van der Waals surface area contributed by atoms with E-state index in [1.165, 1.54) is 0 Å². The zero-order valence-electron chi connectivity index (χ0n) is 13.9. The van der Waals surface area contributed by atoms with E-state index in [9.17, 15) is 19.4 Å². The van der Waals surface area contributed by atoms with Crippen LogP contribution in [-0.4, -0.2) is 73.8 Å². The summed E-state index contributed by atoms with van der Waals surface area (Å²) in [6, 6.07) is 0. The number of anilines is 1. The van der Waals surface area contributed by atoms with Gasteiger partial charge in [0.15, 0.2) is 17.4 Å². The maximum absolute atomic E-state index is 14.3. The molecule has 0 bridgehead atoms. The van der Waals surface area contributed by atoms with Gasteiger partial charge in [0.2, 0.25) is 5.95 Å². The summed E-state index contributed by atoms with van der Waals surface area (Å²) in [6.07, 6.45) is -0.286. The minimum Gasteiger partial charge on any atom is -0.388 e. The molecule has 0 radical (unpaired) electrons. The van der Waals surface area contributed by atoms with Crippen LogP contribution in [-0.2, 0) is 4.74 Å². The van der Waals surface area contributed by atoms with Crippen molar-refractivity contribution in [3.05, 3.63) is 16.4 Å². The first kappa shape index (κ1) is 18.1. The molecule has 3 heterocycles. The molecule has 1 saturated heterocycles. The molecule has 25 heavy (non-hydrogen) atoms. The lowest BCUT2D eigenvalue weighted by Gasteiger charge is -2.18. The van der Waals surface area contributed by atoms with E-state index in [4.69, 9.17) is 10.5 Å². The second-order valence-corrected chi connectivity index (χ2v) is 11.2. The molecule has 138 valence electrons. The molecule has 1 aliphatic rings. The number of rotatable bonds is 4. The van der Waals surface area contributed by atoms with Crippen LogP contribution in [0, 0.1) is 6.08 Å². The first-order chi connectivity index (χ1) is 11.6. The van der Waals surface area contributed by atoms with Crippen molar-refractivity contribution < 1.29 is 19.3 Å². The average molecular weight is 373 g/mol. The Hall–Kier alpha value is -1.74. The van der Waals surface area contributed by atoms with E-state index in [1.807, 2.05) is 13.3 Å². The summed E-state index contributed by atoms with van der Waals surface area (Å²) < 4.78 is 20.8. The Kier molecular flexibility index (Phi) is 4.48. The first-order valence-electron chi connectivity index (χ1n) is 7.70. The third-order valence-corrected chi connectivity index (χ3v) is 5.61. The Balaban J connectivity index is 1.97. The third kappa shape index (κ3) is 3.35.